The highest BCUT2D eigenvalue weighted by Gasteiger charge is 2.46. The summed E-state index contributed by atoms with van der Waals surface area (Å²) in [6.07, 6.45) is 5.58. The van der Waals surface area contributed by atoms with E-state index in [1.807, 2.05) is 11.9 Å². The van der Waals surface area contributed by atoms with Crippen molar-refractivity contribution in [3.63, 3.8) is 0 Å². The van der Waals surface area contributed by atoms with Crippen LogP contribution in [0.25, 0.3) is 0 Å². The number of benzene rings is 1. The van der Waals surface area contributed by atoms with E-state index >= 15 is 4.39 Å². The Morgan fingerprint density at radius 3 is 2.56 bits per heavy atom. The molecule has 39 heavy (non-hydrogen) atoms. The number of nitrogens with two attached hydrogens (primary N) is 1. The van der Waals surface area contributed by atoms with E-state index in [2.05, 4.69) is 20.2 Å². The number of nitrogens with one attached hydrogen (secondary N) is 2. The highest BCUT2D eigenvalue weighted by Crippen LogP contribution is 2.33. The number of likely N-dealkylation sites (N-methyl/N-ethyl adjacent to an activating group) is 1. The minimum atomic E-state index is -0.564. The quantitative estimate of drug-likeness (QED) is 0.303. The average Bonchev–Trinajstić information content (AvgIpc) is 2.92. The van der Waals surface area contributed by atoms with Gasteiger partial charge in [0.05, 0.1) is 15.8 Å². The summed E-state index contributed by atoms with van der Waals surface area (Å²) in [5.74, 6) is 0.139. The summed E-state index contributed by atoms with van der Waals surface area (Å²) in [7, 11) is 1.96. The third kappa shape index (κ3) is 5.24. The number of pyridine rings is 2. The molecule has 0 aliphatic carbocycles. The Hall–Kier alpha value is -3.47. The summed E-state index contributed by atoms with van der Waals surface area (Å²) in [6, 6.07) is 6.19. The van der Waals surface area contributed by atoms with E-state index in [-0.39, 0.29) is 29.6 Å². The largest absolute Gasteiger partial charge is 0.489 e. The Labute approximate surface area is 235 Å². The fourth-order valence-corrected chi connectivity index (χ4v) is 5.59. The fraction of sp³-hybridized carbons (Fsp3) is 0.333. The number of carbonyl (C=O) groups is 1. The molecule has 2 aliphatic heterocycles. The summed E-state index contributed by atoms with van der Waals surface area (Å²) < 4.78 is 21.1. The zero-order valence-electron chi connectivity index (χ0n) is 21.3. The third-order valence-electron chi connectivity index (χ3n) is 7.52. The lowest BCUT2D eigenvalue weighted by Crippen LogP contribution is -2.67. The van der Waals surface area contributed by atoms with Gasteiger partial charge in [0.2, 0.25) is 5.91 Å². The molecule has 0 bridgehead atoms. The van der Waals surface area contributed by atoms with Crippen LogP contribution in [0, 0.1) is 11.2 Å². The van der Waals surface area contributed by atoms with Gasteiger partial charge in [-0.05, 0) is 44.2 Å². The minimum Gasteiger partial charge on any atom is -0.489 e. The van der Waals surface area contributed by atoms with Gasteiger partial charge < -0.3 is 20.7 Å². The number of carbonyl (C=O) groups excluding carboxylic acids is 1. The predicted molar refractivity (Wildman–Crippen MR) is 149 cm³/mol. The number of nitrogens with zero attached hydrogens (tertiary/aromatic N) is 4. The smallest absolute Gasteiger partial charge is 0.240 e. The molecule has 2 saturated heterocycles. The van der Waals surface area contributed by atoms with E-state index in [4.69, 9.17) is 39.1 Å². The van der Waals surface area contributed by atoms with Crippen LogP contribution < -0.4 is 20.7 Å². The van der Waals surface area contributed by atoms with Crippen molar-refractivity contribution < 1.29 is 13.9 Å². The molecule has 1 amide bonds. The van der Waals surface area contributed by atoms with Crippen molar-refractivity contribution in [1.82, 2.24) is 20.2 Å². The number of anilines is 2. The molecular weight excluding hydrogens is 544 g/mol. The highest BCUT2D eigenvalue weighted by molar-refractivity contribution is 6.35. The summed E-state index contributed by atoms with van der Waals surface area (Å²) in [6.45, 7) is 2.51. The van der Waals surface area contributed by atoms with E-state index in [0.717, 1.165) is 6.54 Å². The Morgan fingerprint density at radius 1 is 1.18 bits per heavy atom. The number of hydrogen-bond donors (Lipinski definition) is 3. The lowest BCUT2D eigenvalue weighted by Gasteiger charge is -2.48. The maximum absolute atomic E-state index is 15.3. The second-order valence-electron chi connectivity index (χ2n) is 9.72. The number of hydrogen-bond acceptors (Lipinski definition) is 8. The third-order valence-corrected chi connectivity index (χ3v) is 8.17. The number of rotatable bonds is 6. The maximum Gasteiger partial charge on any atom is 0.240 e. The monoisotopic (exact) mass is 571 g/mol. The van der Waals surface area contributed by atoms with Crippen molar-refractivity contribution in [2.24, 2.45) is 0 Å². The van der Waals surface area contributed by atoms with Gasteiger partial charge in [-0.3, -0.25) is 20.1 Å². The van der Waals surface area contributed by atoms with Crippen molar-refractivity contribution >= 4 is 46.3 Å². The van der Waals surface area contributed by atoms with Gasteiger partial charge in [-0.1, -0.05) is 23.2 Å². The number of piperidine rings is 1. The molecule has 2 aromatic heterocycles. The van der Waals surface area contributed by atoms with Crippen molar-refractivity contribution in [2.45, 2.75) is 25.0 Å². The van der Waals surface area contributed by atoms with Crippen LogP contribution >= 0.6 is 23.2 Å². The lowest BCUT2D eigenvalue weighted by molar-refractivity contribution is -0.137. The van der Waals surface area contributed by atoms with E-state index < -0.39 is 11.4 Å². The van der Waals surface area contributed by atoms with Crippen LogP contribution in [-0.4, -0.2) is 65.3 Å². The molecule has 1 spiro atoms. The van der Waals surface area contributed by atoms with Crippen LogP contribution in [0.4, 0.5) is 15.9 Å². The standard InChI is InChI=1S/C27H28Cl2FN7O2/c1-36-9-6-34-26(38)27(36)4-7-37(8-5-27)25-22(30)10-16(12-35-25)24(32)18-11-17(2-3-23(18)31)39-15-19-20(28)13-33-14-21(19)29/h2-3,10-14,32H,4-9,15,31H2,1H3,(H,34,38). The molecule has 3 aromatic rings. The Kier molecular flexibility index (Phi) is 7.61. The molecule has 0 atom stereocenters. The van der Waals surface area contributed by atoms with Crippen molar-refractivity contribution in [2.75, 3.05) is 43.9 Å². The van der Waals surface area contributed by atoms with Crippen LogP contribution in [0.2, 0.25) is 10.0 Å². The van der Waals surface area contributed by atoms with Gasteiger partial charge in [0.15, 0.2) is 11.6 Å². The molecular formula is C27H28Cl2FN7O2. The zero-order valence-corrected chi connectivity index (χ0v) is 22.8. The van der Waals surface area contributed by atoms with Gasteiger partial charge >= 0.3 is 0 Å². The molecule has 4 heterocycles. The number of piperazine rings is 1. The molecule has 2 aliphatic rings. The van der Waals surface area contributed by atoms with Gasteiger partial charge in [-0.2, -0.15) is 0 Å². The van der Waals surface area contributed by atoms with Crippen LogP contribution in [0.3, 0.4) is 0 Å². The second-order valence-corrected chi connectivity index (χ2v) is 10.5. The predicted octanol–water partition coefficient (Wildman–Crippen LogP) is 3.90. The van der Waals surface area contributed by atoms with Gasteiger partial charge in [0.1, 0.15) is 17.9 Å². The lowest BCUT2D eigenvalue weighted by atomic mass is 9.83. The molecule has 0 unspecified atom stereocenters. The molecule has 2 fully saturated rings. The van der Waals surface area contributed by atoms with Crippen molar-refractivity contribution in [3.05, 3.63) is 75.4 Å². The van der Waals surface area contributed by atoms with Crippen LogP contribution in [0.15, 0.2) is 42.9 Å². The topological polar surface area (TPSA) is 120 Å². The van der Waals surface area contributed by atoms with E-state index in [1.165, 1.54) is 24.7 Å². The first-order valence-electron chi connectivity index (χ1n) is 12.5. The minimum absolute atomic E-state index is 0.00831. The normalized spacial score (nSPS) is 17.2. The van der Waals surface area contributed by atoms with Crippen LogP contribution in [0.5, 0.6) is 5.75 Å². The van der Waals surface area contributed by atoms with E-state index in [1.54, 1.807) is 18.2 Å². The number of amides is 1. The Balaban J connectivity index is 1.30. The molecule has 0 saturated carbocycles. The number of aromatic nitrogens is 2. The summed E-state index contributed by atoms with van der Waals surface area (Å²) in [5, 5.41) is 12.4. The first-order chi connectivity index (χ1) is 18.7. The molecule has 0 radical (unpaired) electrons. The molecule has 5 rings (SSSR count). The second kappa shape index (κ2) is 11.0. The fourth-order valence-electron chi connectivity index (χ4n) is 5.12. The van der Waals surface area contributed by atoms with Gasteiger partial charge in [-0.25, -0.2) is 9.37 Å². The molecule has 1 aromatic carbocycles. The zero-order chi connectivity index (χ0) is 27.7. The Bertz CT molecular complexity index is 1410. The SMILES string of the molecule is CN1CCNC(=O)C12CCN(c1ncc(C(=N)c3cc(OCc4c(Cl)cncc4Cl)ccc3N)cc1F)CC2. The van der Waals surface area contributed by atoms with Crippen LogP contribution in [-0.2, 0) is 11.4 Å². The number of halogens is 3. The highest BCUT2D eigenvalue weighted by atomic mass is 35.5. The van der Waals surface area contributed by atoms with Gasteiger partial charge in [0.25, 0.3) is 0 Å². The number of nitrogen functional groups attached to an aromatic ring is 1. The maximum atomic E-state index is 15.3. The molecule has 204 valence electrons. The first kappa shape index (κ1) is 27.1. The molecule has 9 nitrogen and oxygen atoms in total. The Morgan fingerprint density at radius 2 is 1.90 bits per heavy atom. The first-order valence-corrected chi connectivity index (χ1v) is 13.2. The van der Waals surface area contributed by atoms with E-state index in [9.17, 15) is 4.79 Å². The van der Waals surface area contributed by atoms with Gasteiger partial charge in [0, 0.05) is 67.1 Å². The summed E-state index contributed by atoms with van der Waals surface area (Å²) in [4.78, 5) is 24.9. The van der Waals surface area contributed by atoms with E-state index in [0.29, 0.717) is 65.1 Å². The molecule has 4 N–H and O–H groups in total. The average molecular weight is 572 g/mol. The van der Waals surface area contributed by atoms with Gasteiger partial charge in [-0.15, -0.1) is 0 Å². The van der Waals surface area contributed by atoms with Crippen molar-refractivity contribution in [1.29, 1.82) is 5.41 Å². The van der Waals surface area contributed by atoms with Crippen molar-refractivity contribution in [3.8, 4) is 5.75 Å². The molecule has 12 heteroatoms. The van der Waals surface area contributed by atoms with Crippen LogP contribution in [0.1, 0.15) is 29.5 Å². The summed E-state index contributed by atoms with van der Waals surface area (Å²) in [5.41, 5.74) is 7.18. The number of ether oxygens (including phenoxy) is 1. The summed E-state index contributed by atoms with van der Waals surface area (Å²) >= 11 is 12.3.